The van der Waals surface area contributed by atoms with Crippen LogP contribution in [0.25, 0.3) is 0 Å². The lowest BCUT2D eigenvalue weighted by atomic mass is 10.2. The number of aromatic nitrogens is 4. The van der Waals surface area contributed by atoms with Crippen LogP contribution >= 0.6 is 0 Å². The second-order valence-corrected chi connectivity index (χ2v) is 4.32. The fraction of sp³-hybridized carbons (Fsp3) is 0.500. The molecule has 0 aliphatic rings. The van der Waals surface area contributed by atoms with E-state index < -0.39 is 5.97 Å². The first-order valence-corrected chi connectivity index (χ1v) is 6.24. The molecule has 0 radical (unpaired) electrons. The van der Waals surface area contributed by atoms with Gasteiger partial charge in [0.05, 0.1) is 12.2 Å². The highest BCUT2D eigenvalue weighted by Gasteiger charge is 2.19. The van der Waals surface area contributed by atoms with E-state index in [1.54, 1.807) is 17.9 Å². The van der Waals surface area contributed by atoms with Crippen LogP contribution in [0.1, 0.15) is 41.0 Å². The van der Waals surface area contributed by atoms with Gasteiger partial charge in [0.15, 0.2) is 11.5 Å². The molecule has 1 N–H and O–H groups in total. The third-order valence-electron chi connectivity index (χ3n) is 2.73. The van der Waals surface area contributed by atoms with Crippen LogP contribution in [0, 0.1) is 0 Å². The van der Waals surface area contributed by atoms with Crippen molar-refractivity contribution in [1.29, 1.82) is 0 Å². The standard InChI is InChI=1S/C12H16N4O4/c1-3-4-10-11(12(17)18)13-15-16(10)6-8-5-9(7-19-2)20-14-8/h5H,3-4,6-7H2,1-2H3,(H,17,18). The van der Waals surface area contributed by atoms with Gasteiger partial charge >= 0.3 is 5.97 Å². The van der Waals surface area contributed by atoms with Crippen molar-refractivity contribution >= 4 is 5.97 Å². The van der Waals surface area contributed by atoms with E-state index in [1.165, 1.54) is 0 Å². The summed E-state index contributed by atoms with van der Waals surface area (Å²) >= 11 is 0. The van der Waals surface area contributed by atoms with E-state index >= 15 is 0 Å². The molecule has 20 heavy (non-hydrogen) atoms. The van der Waals surface area contributed by atoms with Gasteiger partial charge in [-0.15, -0.1) is 5.10 Å². The minimum absolute atomic E-state index is 0.00698. The van der Waals surface area contributed by atoms with Crippen LogP contribution in [0.5, 0.6) is 0 Å². The van der Waals surface area contributed by atoms with Gasteiger partial charge in [0.25, 0.3) is 0 Å². The molecule has 2 heterocycles. The van der Waals surface area contributed by atoms with Crippen LogP contribution in [0.3, 0.4) is 0 Å². The number of rotatable bonds is 7. The van der Waals surface area contributed by atoms with Crippen molar-refractivity contribution in [1.82, 2.24) is 20.2 Å². The molecule has 0 spiro atoms. The predicted octanol–water partition coefficient (Wildman–Crippen LogP) is 1.11. The highest BCUT2D eigenvalue weighted by molar-refractivity contribution is 5.86. The third-order valence-corrected chi connectivity index (χ3v) is 2.73. The minimum atomic E-state index is -1.07. The highest BCUT2D eigenvalue weighted by Crippen LogP contribution is 2.12. The van der Waals surface area contributed by atoms with Gasteiger partial charge in [-0.25, -0.2) is 9.48 Å². The first-order valence-electron chi connectivity index (χ1n) is 6.24. The molecule has 0 saturated carbocycles. The Labute approximate surface area is 115 Å². The van der Waals surface area contributed by atoms with Crippen molar-refractivity contribution < 1.29 is 19.2 Å². The van der Waals surface area contributed by atoms with E-state index in [0.29, 0.717) is 36.7 Å². The van der Waals surface area contributed by atoms with Gasteiger partial charge < -0.3 is 14.4 Å². The van der Waals surface area contributed by atoms with Gasteiger partial charge in [0.2, 0.25) is 0 Å². The zero-order valence-electron chi connectivity index (χ0n) is 11.4. The van der Waals surface area contributed by atoms with Gasteiger partial charge in [0, 0.05) is 13.2 Å². The SMILES string of the molecule is CCCc1c(C(=O)O)nnn1Cc1cc(COC)on1. The van der Waals surface area contributed by atoms with Gasteiger partial charge in [-0.1, -0.05) is 23.7 Å². The lowest BCUT2D eigenvalue weighted by Crippen LogP contribution is -2.09. The maximum absolute atomic E-state index is 11.1. The normalized spacial score (nSPS) is 10.9. The summed E-state index contributed by atoms with van der Waals surface area (Å²) in [7, 11) is 1.57. The van der Waals surface area contributed by atoms with Crippen molar-refractivity contribution in [3.63, 3.8) is 0 Å². The van der Waals surface area contributed by atoms with E-state index in [2.05, 4.69) is 15.5 Å². The number of ether oxygens (including phenoxy) is 1. The van der Waals surface area contributed by atoms with Gasteiger partial charge in [-0.05, 0) is 6.42 Å². The number of carboxylic acid groups (broad SMARTS) is 1. The van der Waals surface area contributed by atoms with Gasteiger partial charge in [0.1, 0.15) is 12.3 Å². The van der Waals surface area contributed by atoms with Crippen LogP contribution in [0.15, 0.2) is 10.6 Å². The van der Waals surface area contributed by atoms with Crippen LogP contribution in [-0.2, 0) is 24.3 Å². The Morgan fingerprint density at radius 2 is 2.35 bits per heavy atom. The Morgan fingerprint density at radius 1 is 1.55 bits per heavy atom. The molecule has 0 amide bonds. The molecular formula is C12H16N4O4. The van der Waals surface area contributed by atoms with Crippen LogP contribution < -0.4 is 0 Å². The molecule has 0 atom stereocenters. The minimum Gasteiger partial charge on any atom is -0.476 e. The summed E-state index contributed by atoms with van der Waals surface area (Å²) in [5.41, 5.74) is 1.24. The summed E-state index contributed by atoms with van der Waals surface area (Å²) < 4.78 is 11.6. The fourth-order valence-electron chi connectivity index (χ4n) is 1.90. The largest absolute Gasteiger partial charge is 0.476 e. The lowest BCUT2D eigenvalue weighted by molar-refractivity contribution is 0.0689. The van der Waals surface area contributed by atoms with E-state index in [9.17, 15) is 4.79 Å². The second-order valence-electron chi connectivity index (χ2n) is 4.32. The molecule has 0 bridgehead atoms. The van der Waals surface area contributed by atoms with Crippen LogP contribution in [0.2, 0.25) is 0 Å². The Kier molecular flexibility index (Phi) is 4.46. The lowest BCUT2D eigenvalue weighted by Gasteiger charge is -2.03. The average Bonchev–Trinajstić information content (AvgIpc) is 2.99. The molecule has 0 aliphatic carbocycles. The number of nitrogens with zero attached hydrogens (tertiary/aromatic N) is 4. The predicted molar refractivity (Wildman–Crippen MR) is 67.3 cm³/mol. The van der Waals surface area contributed by atoms with E-state index in [0.717, 1.165) is 6.42 Å². The molecule has 0 saturated heterocycles. The van der Waals surface area contributed by atoms with Crippen molar-refractivity contribution in [2.75, 3.05) is 7.11 Å². The molecule has 2 aromatic heterocycles. The molecule has 8 heteroatoms. The van der Waals surface area contributed by atoms with Crippen molar-refractivity contribution in [2.24, 2.45) is 0 Å². The Hall–Kier alpha value is -2.22. The number of aromatic carboxylic acids is 1. The molecular weight excluding hydrogens is 264 g/mol. The maximum atomic E-state index is 11.1. The van der Waals surface area contributed by atoms with E-state index in [1.807, 2.05) is 6.92 Å². The monoisotopic (exact) mass is 280 g/mol. The number of carboxylic acids is 1. The summed E-state index contributed by atoms with van der Waals surface area (Å²) in [5, 5.41) is 20.6. The summed E-state index contributed by atoms with van der Waals surface area (Å²) in [5.74, 6) is -0.460. The molecule has 8 nitrogen and oxygen atoms in total. The number of methoxy groups -OCH3 is 1. The third kappa shape index (κ3) is 3.02. The molecule has 0 fully saturated rings. The van der Waals surface area contributed by atoms with Crippen LogP contribution in [0.4, 0.5) is 0 Å². The number of carbonyl (C=O) groups is 1. The zero-order chi connectivity index (χ0) is 14.5. The smallest absolute Gasteiger partial charge is 0.358 e. The molecule has 2 rings (SSSR count). The number of hydrogen-bond acceptors (Lipinski definition) is 6. The average molecular weight is 280 g/mol. The molecule has 108 valence electrons. The zero-order valence-corrected chi connectivity index (χ0v) is 11.4. The van der Waals surface area contributed by atoms with Crippen molar-refractivity contribution in [2.45, 2.75) is 32.9 Å². The van der Waals surface area contributed by atoms with E-state index in [-0.39, 0.29) is 5.69 Å². The topological polar surface area (TPSA) is 103 Å². The first kappa shape index (κ1) is 14.2. The summed E-state index contributed by atoms with van der Waals surface area (Å²) in [6.45, 7) is 2.63. The molecule has 0 aromatic carbocycles. The Morgan fingerprint density at radius 3 is 3.00 bits per heavy atom. The Bertz CT molecular complexity index is 590. The quantitative estimate of drug-likeness (QED) is 0.810. The van der Waals surface area contributed by atoms with Crippen molar-refractivity contribution in [3.05, 3.63) is 28.9 Å². The van der Waals surface area contributed by atoms with Crippen molar-refractivity contribution in [3.8, 4) is 0 Å². The Balaban J connectivity index is 2.21. The summed E-state index contributed by atoms with van der Waals surface area (Å²) in [4.78, 5) is 11.1. The van der Waals surface area contributed by atoms with E-state index in [4.69, 9.17) is 14.4 Å². The fourth-order valence-corrected chi connectivity index (χ4v) is 1.90. The van der Waals surface area contributed by atoms with Gasteiger partial charge in [-0.3, -0.25) is 0 Å². The van der Waals surface area contributed by atoms with Gasteiger partial charge in [-0.2, -0.15) is 0 Å². The van der Waals surface area contributed by atoms with Crippen LogP contribution in [-0.4, -0.2) is 38.3 Å². The highest BCUT2D eigenvalue weighted by atomic mass is 16.5. The summed E-state index contributed by atoms with van der Waals surface area (Å²) in [6.07, 6.45) is 1.40. The molecule has 2 aromatic rings. The summed E-state index contributed by atoms with van der Waals surface area (Å²) in [6, 6.07) is 1.75. The number of hydrogen-bond donors (Lipinski definition) is 1. The molecule has 0 aliphatic heterocycles. The second kappa shape index (κ2) is 6.29. The molecule has 0 unspecified atom stereocenters. The first-order chi connectivity index (χ1) is 9.65. The maximum Gasteiger partial charge on any atom is 0.358 e.